The lowest BCUT2D eigenvalue weighted by Gasteiger charge is -2.16. The zero-order chi connectivity index (χ0) is 26.1. The number of rotatable bonds is 7. The van der Waals surface area contributed by atoms with Crippen molar-refractivity contribution in [3.05, 3.63) is 100 Å². The van der Waals surface area contributed by atoms with Gasteiger partial charge in [0, 0.05) is 10.6 Å². The van der Waals surface area contributed by atoms with E-state index in [1.165, 1.54) is 7.05 Å². The second-order valence-electron chi connectivity index (χ2n) is 7.69. The van der Waals surface area contributed by atoms with Gasteiger partial charge >= 0.3 is 6.18 Å². The SMILES string of the molecule is CNC(NS(=O)(=O)c1ccc(C(F)(F)F)cc1)c1cc(-c2ccccc2)n(-c2ccc(Cl)cc2Cl)n1. The van der Waals surface area contributed by atoms with Crippen molar-refractivity contribution in [2.75, 3.05) is 7.05 Å². The number of sulfonamides is 1. The molecule has 0 saturated heterocycles. The molecule has 0 aliphatic rings. The Morgan fingerprint density at radius 2 is 1.61 bits per heavy atom. The molecular formula is C24H19Cl2F3N4O2S. The number of nitrogens with zero attached hydrogens (tertiary/aromatic N) is 2. The molecule has 0 fully saturated rings. The fraction of sp³-hybridized carbons (Fsp3) is 0.125. The normalized spacial score (nSPS) is 13.1. The van der Waals surface area contributed by atoms with E-state index in [-0.39, 0.29) is 4.90 Å². The first kappa shape index (κ1) is 26.2. The molecule has 6 nitrogen and oxygen atoms in total. The summed E-state index contributed by atoms with van der Waals surface area (Å²) in [7, 11) is -2.68. The van der Waals surface area contributed by atoms with Crippen LogP contribution in [0.4, 0.5) is 13.2 Å². The summed E-state index contributed by atoms with van der Waals surface area (Å²) in [6.45, 7) is 0. The molecule has 1 atom stereocenters. The highest BCUT2D eigenvalue weighted by molar-refractivity contribution is 7.89. The van der Waals surface area contributed by atoms with Crippen molar-refractivity contribution in [1.82, 2.24) is 19.8 Å². The highest BCUT2D eigenvalue weighted by Gasteiger charge is 2.31. The Kier molecular flexibility index (Phi) is 7.44. The lowest BCUT2D eigenvalue weighted by atomic mass is 10.1. The summed E-state index contributed by atoms with van der Waals surface area (Å²) in [6, 6.07) is 19.1. The molecule has 4 aromatic rings. The fourth-order valence-electron chi connectivity index (χ4n) is 3.51. The molecule has 1 aromatic heterocycles. The molecule has 1 unspecified atom stereocenters. The molecule has 4 rings (SSSR count). The molecule has 0 saturated carbocycles. The van der Waals surface area contributed by atoms with E-state index in [4.69, 9.17) is 23.2 Å². The van der Waals surface area contributed by atoms with Gasteiger partial charge in [0.2, 0.25) is 10.0 Å². The lowest BCUT2D eigenvalue weighted by Crippen LogP contribution is -2.36. The maximum absolute atomic E-state index is 13.0. The maximum atomic E-state index is 13.0. The second kappa shape index (κ2) is 10.2. The standard InChI is InChI=1S/C24H19Cl2F3N4O2S/c1-30-23(32-36(34,35)18-10-7-16(8-11-18)24(27,28)29)20-14-22(15-5-3-2-4-6-15)33(31-20)21-12-9-17(25)13-19(21)26/h2-14,23,30,32H,1H3. The molecule has 188 valence electrons. The van der Waals surface area contributed by atoms with Gasteiger partial charge in [0.1, 0.15) is 6.17 Å². The van der Waals surface area contributed by atoms with Gasteiger partial charge in [-0.3, -0.25) is 5.32 Å². The molecule has 0 amide bonds. The molecule has 0 radical (unpaired) electrons. The third-order valence-corrected chi connectivity index (χ3v) is 7.26. The lowest BCUT2D eigenvalue weighted by molar-refractivity contribution is -0.137. The van der Waals surface area contributed by atoms with Gasteiger partial charge in [-0.05, 0) is 55.6 Å². The summed E-state index contributed by atoms with van der Waals surface area (Å²) < 4.78 is 68.5. The zero-order valence-electron chi connectivity index (χ0n) is 18.6. The van der Waals surface area contributed by atoms with Gasteiger partial charge in [-0.15, -0.1) is 0 Å². The van der Waals surface area contributed by atoms with Crippen LogP contribution in [0, 0.1) is 0 Å². The van der Waals surface area contributed by atoms with Gasteiger partial charge in [-0.1, -0.05) is 53.5 Å². The highest BCUT2D eigenvalue weighted by Crippen LogP contribution is 2.32. The van der Waals surface area contributed by atoms with Crippen molar-refractivity contribution in [1.29, 1.82) is 0 Å². The van der Waals surface area contributed by atoms with Crippen molar-refractivity contribution in [3.63, 3.8) is 0 Å². The van der Waals surface area contributed by atoms with E-state index in [2.05, 4.69) is 15.1 Å². The molecule has 12 heteroatoms. The van der Waals surface area contributed by atoms with Crippen LogP contribution in [0.1, 0.15) is 17.4 Å². The number of halogens is 5. The average Bonchev–Trinajstić information content (AvgIpc) is 3.27. The zero-order valence-corrected chi connectivity index (χ0v) is 20.9. The van der Waals surface area contributed by atoms with E-state index in [9.17, 15) is 21.6 Å². The van der Waals surface area contributed by atoms with E-state index in [1.807, 2.05) is 30.3 Å². The van der Waals surface area contributed by atoms with Crippen LogP contribution in [0.5, 0.6) is 0 Å². The summed E-state index contributed by atoms with van der Waals surface area (Å²) in [6.07, 6.45) is -5.58. The van der Waals surface area contributed by atoms with E-state index in [1.54, 1.807) is 28.9 Å². The van der Waals surface area contributed by atoms with Crippen LogP contribution in [0.15, 0.2) is 83.8 Å². The van der Waals surface area contributed by atoms with Gasteiger partial charge in [0.25, 0.3) is 0 Å². The van der Waals surface area contributed by atoms with E-state index < -0.39 is 27.9 Å². The number of alkyl halides is 3. The number of nitrogens with one attached hydrogen (secondary N) is 2. The Morgan fingerprint density at radius 1 is 0.944 bits per heavy atom. The number of aromatic nitrogens is 2. The van der Waals surface area contributed by atoms with Gasteiger partial charge in [-0.2, -0.15) is 23.0 Å². The minimum Gasteiger partial charge on any atom is -0.299 e. The molecule has 3 aromatic carbocycles. The first-order valence-electron chi connectivity index (χ1n) is 10.5. The molecular weight excluding hydrogens is 536 g/mol. The van der Waals surface area contributed by atoms with Crippen LogP contribution in [0.25, 0.3) is 16.9 Å². The third kappa shape index (κ3) is 5.58. The van der Waals surface area contributed by atoms with Crippen LogP contribution < -0.4 is 10.0 Å². The van der Waals surface area contributed by atoms with Gasteiger partial charge < -0.3 is 0 Å². The van der Waals surface area contributed by atoms with Crippen LogP contribution in [-0.2, 0) is 16.2 Å². The quantitative estimate of drug-likeness (QED) is 0.272. The van der Waals surface area contributed by atoms with Crippen LogP contribution in [0.3, 0.4) is 0 Å². The highest BCUT2D eigenvalue weighted by atomic mass is 35.5. The van der Waals surface area contributed by atoms with Crippen molar-refractivity contribution in [2.24, 2.45) is 0 Å². The Bertz CT molecular complexity index is 1480. The van der Waals surface area contributed by atoms with Crippen molar-refractivity contribution in [3.8, 4) is 16.9 Å². The van der Waals surface area contributed by atoms with E-state index in [0.29, 0.717) is 39.3 Å². The van der Waals surface area contributed by atoms with Crippen molar-refractivity contribution >= 4 is 33.2 Å². The monoisotopic (exact) mass is 554 g/mol. The smallest absolute Gasteiger partial charge is 0.299 e. The van der Waals surface area contributed by atoms with Gasteiger partial charge in [-0.25, -0.2) is 13.1 Å². The minimum absolute atomic E-state index is 0.304. The van der Waals surface area contributed by atoms with Gasteiger partial charge in [0.05, 0.1) is 32.6 Å². The maximum Gasteiger partial charge on any atom is 0.416 e. The molecule has 1 heterocycles. The molecule has 0 aliphatic carbocycles. The third-order valence-electron chi connectivity index (χ3n) is 5.29. The molecule has 36 heavy (non-hydrogen) atoms. The Morgan fingerprint density at radius 3 is 2.19 bits per heavy atom. The van der Waals surface area contributed by atoms with Gasteiger partial charge in [0.15, 0.2) is 0 Å². The first-order chi connectivity index (χ1) is 17.0. The largest absolute Gasteiger partial charge is 0.416 e. The van der Waals surface area contributed by atoms with Crippen LogP contribution >= 0.6 is 23.2 Å². The van der Waals surface area contributed by atoms with E-state index in [0.717, 1.165) is 17.7 Å². The predicted molar refractivity (Wildman–Crippen MR) is 133 cm³/mol. The summed E-state index contributed by atoms with van der Waals surface area (Å²) in [5.41, 5.74) is 1.30. The average molecular weight is 555 g/mol. The number of hydrogen-bond acceptors (Lipinski definition) is 4. The Balaban J connectivity index is 1.73. The van der Waals surface area contributed by atoms with E-state index >= 15 is 0 Å². The number of benzene rings is 3. The van der Waals surface area contributed by atoms with Crippen molar-refractivity contribution in [2.45, 2.75) is 17.2 Å². The molecule has 0 aliphatic heterocycles. The van der Waals surface area contributed by atoms with Crippen LogP contribution in [-0.4, -0.2) is 25.2 Å². The predicted octanol–water partition coefficient (Wildman–Crippen LogP) is 6.06. The molecule has 0 bridgehead atoms. The minimum atomic E-state index is -4.58. The first-order valence-corrected chi connectivity index (χ1v) is 12.7. The fourth-order valence-corrected chi connectivity index (χ4v) is 5.17. The molecule has 0 spiro atoms. The summed E-state index contributed by atoms with van der Waals surface area (Å²) in [5, 5.41) is 8.21. The Hall–Kier alpha value is -2.89. The molecule has 2 N–H and O–H groups in total. The second-order valence-corrected chi connectivity index (χ2v) is 10.3. The topological polar surface area (TPSA) is 76.0 Å². The summed E-state index contributed by atoms with van der Waals surface area (Å²) in [4.78, 5) is -0.320. The summed E-state index contributed by atoms with van der Waals surface area (Å²) in [5.74, 6) is 0. The van der Waals surface area contributed by atoms with Crippen LogP contribution in [0.2, 0.25) is 10.0 Å². The summed E-state index contributed by atoms with van der Waals surface area (Å²) >= 11 is 12.5. The Labute approximate surface area is 215 Å². The van der Waals surface area contributed by atoms with Crippen molar-refractivity contribution < 1.29 is 21.6 Å². The number of hydrogen-bond donors (Lipinski definition) is 2.